The molecular formula is C13H6Cl2N3O3S+. The number of aromatic nitrogens is 2. The second kappa shape index (κ2) is 4.52. The van der Waals surface area contributed by atoms with Gasteiger partial charge in [-0.15, -0.1) is 0 Å². The van der Waals surface area contributed by atoms with Crippen LogP contribution in [0.1, 0.15) is 0 Å². The second-order valence-corrected chi connectivity index (χ2v) is 6.55. The van der Waals surface area contributed by atoms with E-state index in [1.165, 1.54) is 34.6 Å². The third kappa shape index (κ3) is 1.73. The van der Waals surface area contributed by atoms with Crippen LogP contribution in [-0.2, 0) is 0 Å². The van der Waals surface area contributed by atoms with Gasteiger partial charge in [0.1, 0.15) is 4.90 Å². The molecule has 1 N–H and O–H groups in total. The Kier molecular flexibility index (Phi) is 2.81. The Morgan fingerprint density at radius 2 is 2.00 bits per heavy atom. The summed E-state index contributed by atoms with van der Waals surface area (Å²) in [6, 6.07) is 4.76. The molecule has 0 radical (unpaired) electrons. The Balaban J connectivity index is 2.17. The van der Waals surface area contributed by atoms with E-state index in [4.69, 9.17) is 23.2 Å². The summed E-state index contributed by atoms with van der Waals surface area (Å²) in [6.45, 7) is 0. The van der Waals surface area contributed by atoms with Gasteiger partial charge in [0, 0.05) is 6.07 Å². The molecule has 1 aromatic carbocycles. The third-order valence-electron chi connectivity index (χ3n) is 3.39. The SMILES string of the molecule is O=[N+]([O-])c1cc2c3n(c(O)c[n+]3c1)-c1c(Cl)ccc(Cl)c1S2. The van der Waals surface area contributed by atoms with E-state index < -0.39 is 4.92 Å². The molecule has 0 saturated carbocycles. The molecule has 3 heterocycles. The molecule has 0 atom stereocenters. The fraction of sp³-hybridized carbons (Fsp3) is 0. The van der Waals surface area contributed by atoms with Gasteiger partial charge in [-0.05, 0) is 12.1 Å². The second-order valence-electron chi connectivity index (χ2n) is 4.68. The molecule has 22 heavy (non-hydrogen) atoms. The Labute approximate surface area is 137 Å². The number of fused-ring (bicyclic) bond motifs is 2. The number of imidazole rings is 1. The van der Waals surface area contributed by atoms with Crippen LogP contribution in [0.4, 0.5) is 5.69 Å². The first-order valence-electron chi connectivity index (χ1n) is 6.07. The van der Waals surface area contributed by atoms with Crippen LogP contribution in [0.15, 0.2) is 40.4 Å². The van der Waals surface area contributed by atoms with Crippen molar-refractivity contribution in [2.45, 2.75) is 9.79 Å². The number of halogens is 2. The normalized spacial score (nSPS) is 12.5. The fourth-order valence-corrected chi connectivity index (χ4v) is 4.23. The van der Waals surface area contributed by atoms with Crippen molar-refractivity contribution in [3.05, 3.63) is 50.8 Å². The number of aromatic hydroxyl groups is 1. The summed E-state index contributed by atoms with van der Waals surface area (Å²) >= 11 is 13.8. The van der Waals surface area contributed by atoms with Gasteiger partial charge in [0.15, 0.2) is 18.1 Å². The van der Waals surface area contributed by atoms with E-state index in [9.17, 15) is 15.2 Å². The monoisotopic (exact) mass is 354 g/mol. The van der Waals surface area contributed by atoms with Gasteiger partial charge in [0.2, 0.25) is 0 Å². The van der Waals surface area contributed by atoms with Crippen molar-refractivity contribution in [2.75, 3.05) is 0 Å². The van der Waals surface area contributed by atoms with Gasteiger partial charge in [0.25, 0.3) is 0 Å². The summed E-state index contributed by atoms with van der Waals surface area (Å²) in [6.07, 6.45) is 2.75. The molecule has 0 spiro atoms. The van der Waals surface area contributed by atoms with Crippen molar-refractivity contribution < 1.29 is 14.4 Å². The lowest BCUT2D eigenvalue weighted by Gasteiger charge is -2.15. The molecular weight excluding hydrogens is 349 g/mol. The first-order chi connectivity index (χ1) is 10.5. The molecule has 3 aromatic rings. The van der Waals surface area contributed by atoms with Crippen molar-refractivity contribution in [1.29, 1.82) is 0 Å². The van der Waals surface area contributed by atoms with Crippen LogP contribution >= 0.6 is 35.0 Å². The molecule has 0 fully saturated rings. The van der Waals surface area contributed by atoms with Crippen LogP contribution in [0.2, 0.25) is 10.0 Å². The van der Waals surface area contributed by atoms with E-state index in [1.807, 2.05) is 0 Å². The van der Waals surface area contributed by atoms with Gasteiger partial charge in [-0.3, -0.25) is 10.1 Å². The lowest BCUT2D eigenvalue weighted by Crippen LogP contribution is -2.22. The zero-order chi connectivity index (χ0) is 15.6. The molecule has 0 bridgehead atoms. The predicted molar refractivity (Wildman–Crippen MR) is 81.4 cm³/mol. The Bertz CT molecular complexity index is 987. The molecule has 2 aromatic heterocycles. The quantitative estimate of drug-likeness (QED) is 0.322. The summed E-state index contributed by atoms with van der Waals surface area (Å²) in [5, 5.41) is 22.2. The maximum Gasteiger partial charge on any atom is 0.328 e. The topological polar surface area (TPSA) is 72.4 Å². The number of pyridine rings is 1. The summed E-state index contributed by atoms with van der Waals surface area (Å²) in [5.41, 5.74) is 1.10. The first-order valence-corrected chi connectivity index (χ1v) is 7.65. The summed E-state index contributed by atoms with van der Waals surface area (Å²) in [4.78, 5) is 11.8. The van der Waals surface area contributed by atoms with Gasteiger partial charge in [0.05, 0.1) is 19.9 Å². The van der Waals surface area contributed by atoms with Gasteiger partial charge in [-0.1, -0.05) is 35.0 Å². The van der Waals surface area contributed by atoms with Crippen molar-refractivity contribution in [3.8, 4) is 11.6 Å². The van der Waals surface area contributed by atoms with E-state index in [1.54, 1.807) is 16.7 Å². The summed E-state index contributed by atoms with van der Waals surface area (Å²) in [7, 11) is 0. The van der Waals surface area contributed by atoms with E-state index in [-0.39, 0.29) is 11.6 Å². The molecule has 0 amide bonds. The minimum absolute atomic E-state index is 0.0706. The van der Waals surface area contributed by atoms with E-state index in [2.05, 4.69) is 0 Å². The lowest BCUT2D eigenvalue weighted by molar-refractivity contribution is -0.521. The fourth-order valence-electron chi connectivity index (χ4n) is 2.52. The number of hydrogen-bond donors (Lipinski definition) is 1. The maximum absolute atomic E-state index is 11.1. The highest BCUT2D eigenvalue weighted by molar-refractivity contribution is 7.99. The van der Waals surface area contributed by atoms with Crippen LogP contribution in [-0.4, -0.2) is 14.6 Å². The van der Waals surface area contributed by atoms with Crippen molar-refractivity contribution in [2.24, 2.45) is 0 Å². The van der Waals surface area contributed by atoms with Gasteiger partial charge in [-0.2, -0.15) is 8.97 Å². The summed E-state index contributed by atoms with van der Waals surface area (Å²) < 4.78 is 3.05. The van der Waals surface area contributed by atoms with Crippen LogP contribution in [0.25, 0.3) is 11.3 Å². The molecule has 110 valence electrons. The third-order valence-corrected chi connectivity index (χ3v) is 5.26. The number of nitro groups is 1. The van der Waals surface area contributed by atoms with Crippen molar-refractivity contribution in [1.82, 2.24) is 4.57 Å². The standard InChI is InChI=1S/C13H5Cl2N3O3S/c14-7-1-2-8(15)12-11(7)17-10(19)5-16-4-6(18(20)21)3-9(22-12)13(16)17/h1-5H/p+1. The van der Waals surface area contributed by atoms with E-state index in [0.717, 1.165) is 0 Å². The van der Waals surface area contributed by atoms with E-state index in [0.29, 0.717) is 31.2 Å². The zero-order valence-corrected chi connectivity index (χ0v) is 13.0. The smallest absolute Gasteiger partial charge is 0.328 e. The molecule has 6 nitrogen and oxygen atoms in total. The number of benzene rings is 1. The highest BCUT2D eigenvalue weighted by Gasteiger charge is 2.35. The molecule has 0 aliphatic carbocycles. The van der Waals surface area contributed by atoms with Crippen molar-refractivity contribution >= 4 is 46.3 Å². The minimum atomic E-state index is -0.479. The molecule has 4 rings (SSSR count). The van der Waals surface area contributed by atoms with E-state index >= 15 is 0 Å². The van der Waals surface area contributed by atoms with Gasteiger partial charge in [-0.25, -0.2) is 0 Å². The maximum atomic E-state index is 11.1. The zero-order valence-electron chi connectivity index (χ0n) is 10.7. The number of hydrogen-bond acceptors (Lipinski definition) is 4. The van der Waals surface area contributed by atoms with Crippen molar-refractivity contribution in [3.63, 3.8) is 0 Å². The average molecular weight is 355 g/mol. The van der Waals surface area contributed by atoms with Gasteiger partial charge >= 0.3 is 17.2 Å². The average Bonchev–Trinajstić information content (AvgIpc) is 2.81. The van der Waals surface area contributed by atoms with Crippen LogP contribution < -0.4 is 4.40 Å². The van der Waals surface area contributed by atoms with Crippen LogP contribution in [0.3, 0.4) is 0 Å². The number of rotatable bonds is 1. The Morgan fingerprint density at radius 3 is 2.73 bits per heavy atom. The van der Waals surface area contributed by atoms with Gasteiger partial charge < -0.3 is 5.11 Å². The molecule has 0 saturated heterocycles. The lowest BCUT2D eigenvalue weighted by atomic mass is 10.3. The Morgan fingerprint density at radius 1 is 1.27 bits per heavy atom. The minimum Gasteiger partial charge on any atom is -0.475 e. The largest absolute Gasteiger partial charge is 0.475 e. The molecule has 9 heteroatoms. The predicted octanol–water partition coefficient (Wildman–Crippen LogP) is 3.60. The molecule has 0 unspecified atom stereocenters. The molecule has 1 aliphatic heterocycles. The first kappa shape index (κ1) is 13.7. The highest BCUT2D eigenvalue weighted by atomic mass is 35.5. The Hall–Kier alpha value is -1.96. The highest BCUT2D eigenvalue weighted by Crippen LogP contribution is 2.48. The molecule has 1 aliphatic rings. The van der Waals surface area contributed by atoms with Crippen LogP contribution in [0.5, 0.6) is 5.88 Å². The number of nitrogens with zero attached hydrogens (tertiary/aromatic N) is 3. The summed E-state index contributed by atoms with van der Waals surface area (Å²) in [5.74, 6) is -0.0764. The van der Waals surface area contributed by atoms with Crippen LogP contribution in [0, 0.1) is 10.1 Å².